The molecule has 2 atom stereocenters. The molecule has 0 heterocycles. The number of hydrogen-bond acceptors (Lipinski definition) is 0. The topological polar surface area (TPSA) is 0 Å². The zero-order chi connectivity index (χ0) is 6.69. The van der Waals surface area contributed by atoms with Crippen LogP contribution in [0.15, 0.2) is 12.2 Å². The molecule has 0 aromatic carbocycles. The van der Waals surface area contributed by atoms with Gasteiger partial charge in [0.05, 0.1) is 0 Å². The number of rotatable bonds is 1. The van der Waals surface area contributed by atoms with E-state index < -0.39 is 6.17 Å². The summed E-state index contributed by atoms with van der Waals surface area (Å²) in [5.41, 5.74) is 0. The Bertz CT molecular complexity index is 107. The van der Waals surface area contributed by atoms with Crippen molar-refractivity contribution in [3.63, 3.8) is 0 Å². The van der Waals surface area contributed by atoms with E-state index in [1.807, 2.05) is 6.08 Å². The highest BCUT2D eigenvalue weighted by Crippen LogP contribution is 2.24. The highest BCUT2D eigenvalue weighted by atomic mass is 19.1. The molecule has 0 radical (unpaired) electrons. The first-order chi connectivity index (χ1) is 4.34. The van der Waals surface area contributed by atoms with Gasteiger partial charge >= 0.3 is 0 Å². The van der Waals surface area contributed by atoms with Gasteiger partial charge in [-0.25, -0.2) is 4.39 Å². The molecule has 0 aromatic rings. The number of alkyl halides is 1. The summed E-state index contributed by atoms with van der Waals surface area (Å²) in [6.45, 7) is 2.05. The molecule has 0 nitrogen and oxygen atoms in total. The van der Waals surface area contributed by atoms with Gasteiger partial charge in [0.2, 0.25) is 0 Å². The third-order valence-corrected chi connectivity index (χ3v) is 2.00. The van der Waals surface area contributed by atoms with E-state index in [0.717, 1.165) is 12.8 Å². The molecule has 1 aliphatic carbocycles. The first-order valence-electron chi connectivity index (χ1n) is 3.63. The summed E-state index contributed by atoms with van der Waals surface area (Å²) < 4.78 is 12.8. The zero-order valence-corrected chi connectivity index (χ0v) is 5.81. The van der Waals surface area contributed by atoms with Gasteiger partial charge in [0.1, 0.15) is 6.17 Å². The lowest BCUT2D eigenvalue weighted by molar-refractivity contribution is 0.217. The van der Waals surface area contributed by atoms with Gasteiger partial charge in [-0.05, 0) is 18.8 Å². The molecule has 0 saturated carbocycles. The van der Waals surface area contributed by atoms with Crippen molar-refractivity contribution in [3.8, 4) is 0 Å². The van der Waals surface area contributed by atoms with E-state index in [4.69, 9.17) is 0 Å². The molecule has 0 spiro atoms. The van der Waals surface area contributed by atoms with E-state index in [2.05, 4.69) is 13.0 Å². The van der Waals surface area contributed by atoms with Crippen LogP contribution in [0.4, 0.5) is 4.39 Å². The minimum Gasteiger partial charge on any atom is -0.247 e. The van der Waals surface area contributed by atoms with Crippen LogP contribution >= 0.6 is 0 Å². The summed E-state index contributed by atoms with van der Waals surface area (Å²) in [6, 6.07) is 0. The molecular formula is C8H13F. The first kappa shape index (κ1) is 6.79. The van der Waals surface area contributed by atoms with Gasteiger partial charge < -0.3 is 0 Å². The minimum atomic E-state index is -0.569. The van der Waals surface area contributed by atoms with Crippen molar-refractivity contribution in [2.75, 3.05) is 0 Å². The Kier molecular flexibility index (Phi) is 2.26. The monoisotopic (exact) mass is 128 g/mol. The molecule has 2 unspecified atom stereocenters. The molecule has 0 saturated heterocycles. The highest BCUT2D eigenvalue weighted by Gasteiger charge is 2.18. The Hall–Kier alpha value is -0.330. The van der Waals surface area contributed by atoms with Crippen molar-refractivity contribution in [3.05, 3.63) is 12.2 Å². The van der Waals surface area contributed by atoms with Crippen molar-refractivity contribution in [2.24, 2.45) is 5.92 Å². The fraction of sp³-hybridized carbons (Fsp3) is 0.750. The largest absolute Gasteiger partial charge is 0.247 e. The maximum atomic E-state index is 12.8. The molecule has 0 fully saturated rings. The SMILES string of the molecule is CCC1CC=CCC1F. The zero-order valence-electron chi connectivity index (χ0n) is 5.81. The summed E-state index contributed by atoms with van der Waals surface area (Å²) >= 11 is 0. The Balaban J connectivity index is 2.43. The van der Waals surface area contributed by atoms with E-state index in [0.29, 0.717) is 12.3 Å². The second kappa shape index (κ2) is 3.00. The van der Waals surface area contributed by atoms with Crippen molar-refractivity contribution < 1.29 is 4.39 Å². The summed E-state index contributed by atoms with van der Waals surface area (Å²) in [5, 5.41) is 0. The van der Waals surface area contributed by atoms with E-state index >= 15 is 0 Å². The number of allylic oxidation sites excluding steroid dienone is 2. The van der Waals surface area contributed by atoms with E-state index in [1.54, 1.807) is 0 Å². The fourth-order valence-corrected chi connectivity index (χ4v) is 1.26. The third kappa shape index (κ3) is 1.54. The maximum Gasteiger partial charge on any atom is 0.107 e. The molecule has 1 rings (SSSR count). The number of hydrogen-bond donors (Lipinski definition) is 0. The molecule has 0 amide bonds. The second-order valence-electron chi connectivity index (χ2n) is 2.63. The predicted molar refractivity (Wildman–Crippen MR) is 37.1 cm³/mol. The van der Waals surface area contributed by atoms with Crippen LogP contribution in [0.25, 0.3) is 0 Å². The highest BCUT2D eigenvalue weighted by molar-refractivity contribution is 4.94. The molecule has 0 aliphatic heterocycles. The van der Waals surface area contributed by atoms with Crippen LogP contribution in [0.5, 0.6) is 0 Å². The molecule has 9 heavy (non-hydrogen) atoms. The standard InChI is InChI=1S/C8H13F/c1-2-7-5-3-4-6-8(7)9/h3-4,7-8H,2,5-6H2,1H3. The van der Waals surface area contributed by atoms with Gasteiger partial charge in [-0.3, -0.25) is 0 Å². The van der Waals surface area contributed by atoms with E-state index in [9.17, 15) is 4.39 Å². The van der Waals surface area contributed by atoms with Crippen LogP contribution in [0.2, 0.25) is 0 Å². The molecule has 1 aliphatic rings. The van der Waals surface area contributed by atoms with Crippen molar-refractivity contribution in [2.45, 2.75) is 32.4 Å². The van der Waals surface area contributed by atoms with Crippen LogP contribution in [-0.4, -0.2) is 6.17 Å². The third-order valence-electron chi connectivity index (χ3n) is 2.00. The second-order valence-corrected chi connectivity index (χ2v) is 2.63. The van der Waals surface area contributed by atoms with Gasteiger partial charge in [-0.2, -0.15) is 0 Å². The summed E-state index contributed by atoms with van der Waals surface area (Å²) in [5.74, 6) is 0.301. The Morgan fingerprint density at radius 3 is 2.56 bits per heavy atom. The summed E-state index contributed by atoms with van der Waals surface area (Å²) in [7, 11) is 0. The van der Waals surface area contributed by atoms with Gasteiger partial charge in [-0.1, -0.05) is 25.5 Å². The first-order valence-corrected chi connectivity index (χ1v) is 3.63. The number of halogens is 1. The predicted octanol–water partition coefficient (Wildman–Crippen LogP) is 2.70. The minimum absolute atomic E-state index is 0.301. The molecule has 0 N–H and O–H groups in total. The summed E-state index contributed by atoms with van der Waals surface area (Å²) in [6.07, 6.45) is 6.02. The Labute approximate surface area is 55.8 Å². The van der Waals surface area contributed by atoms with Crippen LogP contribution in [0.1, 0.15) is 26.2 Å². The Morgan fingerprint density at radius 1 is 1.44 bits per heavy atom. The normalized spacial score (nSPS) is 34.9. The van der Waals surface area contributed by atoms with Crippen molar-refractivity contribution >= 4 is 0 Å². The molecule has 1 heteroatoms. The maximum absolute atomic E-state index is 12.8. The quantitative estimate of drug-likeness (QED) is 0.476. The van der Waals surface area contributed by atoms with Crippen LogP contribution in [0, 0.1) is 5.92 Å². The molecule has 0 aromatic heterocycles. The fourth-order valence-electron chi connectivity index (χ4n) is 1.26. The van der Waals surface area contributed by atoms with Gasteiger partial charge in [0, 0.05) is 0 Å². The van der Waals surface area contributed by atoms with Gasteiger partial charge in [-0.15, -0.1) is 0 Å². The summed E-state index contributed by atoms with van der Waals surface area (Å²) in [4.78, 5) is 0. The van der Waals surface area contributed by atoms with Gasteiger partial charge in [0.25, 0.3) is 0 Å². The van der Waals surface area contributed by atoms with E-state index in [-0.39, 0.29) is 0 Å². The lowest BCUT2D eigenvalue weighted by atomic mass is 9.90. The smallest absolute Gasteiger partial charge is 0.107 e. The van der Waals surface area contributed by atoms with Gasteiger partial charge in [0.15, 0.2) is 0 Å². The Morgan fingerprint density at radius 2 is 2.11 bits per heavy atom. The molecule has 0 bridgehead atoms. The van der Waals surface area contributed by atoms with Crippen LogP contribution in [-0.2, 0) is 0 Å². The van der Waals surface area contributed by atoms with Crippen LogP contribution in [0.3, 0.4) is 0 Å². The molecule has 52 valence electrons. The van der Waals surface area contributed by atoms with Crippen molar-refractivity contribution in [1.29, 1.82) is 0 Å². The van der Waals surface area contributed by atoms with Crippen molar-refractivity contribution in [1.82, 2.24) is 0 Å². The van der Waals surface area contributed by atoms with Crippen LogP contribution < -0.4 is 0 Å². The van der Waals surface area contributed by atoms with E-state index in [1.165, 1.54) is 0 Å². The lowest BCUT2D eigenvalue weighted by Gasteiger charge is -2.19. The average molecular weight is 128 g/mol. The lowest BCUT2D eigenvalue weighted by Crippen LogP contribution is -2.16. The molecular weight excluding hydrogens is 115 g/mol. The average Bonchev–Trinajstić information content (AvgIpc) is 1.89.